The Morgan fingerprint density at radius 2 is 2.14 bits per heavy atom. The highest BCUT2D eigenvalue weighted by Gasteiger charge is 2.08. The molecule has 1 heterocycles. The predicted octanol–water partition coefficient (Wildman–Crippen LogP) is 5.04. The van der Waals surface area contributed by atoms with E-state index in [1.807, 2.05) is 53.9 Å². The van der Waals surface area contributed by atoms with Crippen molar-refractivity contribution >= 4 is 44.6 Å². The quantitative estimate of drug-likeness (QED) is 0.267. The smallest absolute Gasteiger partial charge is 0.311 e. The average Bonchev–Trinajstić information content (AvgIpc) is 3.14. The van der Waals surface area contributed by atoms with E-state index in [-0.39, 0.29) is 12.4 Å². The van der Waals surface area contributed by atoms with Gasteiger partial charge in [0.05, 0.1) is 24.9 Å². The van der Waals surface area contributed by atoms with Gasteiger partial charge in [0, 0.05) is 15.4 Å². The van der Waals surface area contributed by atoms with Crippen LogP contribution in [0.25, 0.3) is 0 Å². The Labute approximate surface area is 181 Å². The van der Waals surface area contributed by atoms with Crippen LogP contribution in [0.3, 0.4) is 0 Å². The van der Waals surface area contributed by atoms with Gasteiger partial charge in [-0.2, -0.15) is 5.10 Å². The number of benzene rings is 2. The highest BCUT2D eigenvalue weighted by Crippen LogP contribution is 2.20. The van der Waals surface area contributed by atoms with Crippen molar-refractivity contribution in [3.8, 4) is 5.75 Å². The molecule has 1 N–H and O–H groups in total. The number of nitrogens with zero attached hydrogens (tertiary/aromatic N) is 2. The maximum absolute atomic E-state index is 11.5. The van der Waals surface area contributed by atoms with Crippen molar-refractivity contribution in [2.45, 2.75) is 20.0 Å². The van der Waals surface area contributed by atoms with E-state index in [9.17, 15) is 4.79 Å². The first-order chi connectivity index (χ1) is 14.1. The largest absolute Gasteiger partial charge is 0.488 e. The first-order valence-corrected chi connectivity index (χ1v) is 10.7. The van der Waals surface area contributed by atoms with E-state index in [1.165, 1.54) is 11.3 Å². The fourth-order valence-corrected chi connectivity index (χ4v) is 3.57. The van der Waals surface area contributed by atoms with E-state index >= 15 is 0 Å². The summed E-state index contributed by atoms with van der Waals surface area (Å²) >= 11 is 4.84. The number of hydrazone groups is 1. The molecule has 3 rings (SSSR count). The van der Waals surface area contributed by atoms with Crippen molar-refractivity contribution in [1.29, 1.82) is 0 Å². The molecule has 0 saturated heterocycles. The summed E-state index contributed by atoms with van der Waals surface area (Å²) in [6, 6.07) is 15.7. The molecule has 0 aliphatic heterocycles. The van der Waals surface area contributed by atoms with E-state index in [0.717, 1.165) is 21.3 Å². The van der Waals surface area contributed by atoms with Gasteiger partial charge in [-0.25, -0.2) is 4.98 Å². The Hall–Kier alpha value is -2.71. The second-order valence-electron chi connectivity index (χ2n) is 5.95. The number of halogens is 1. The summed E-state index contributed by atoms with van der Waals surface area (Å²) in [5.41, 5.74) is 5.46. The lowest BCUT2D eigenvalue weighted by Crippen LogP contribution is -2.07. The number of ether oxygens (including phenoxy) is 2. The zero-order valence-electron chi connectivity index (χ0n) is 15.8. The number of thiazole rings is 1. The SMILES string of the molecule is CCOC(=O)Cc1csc(NN=Cc2ccccc2OCc2cccc(Br)c2)n1. The molecule has 0 bridgehead atoms. The van der Waals surface area contributed by atoms with Crippen LogP contribution in [-0.4, -0.2) is 23.8 Å². The Morgan fingerprint density at radius 1 is 1.28 bits per heavy atom. The molecule has 0 aliphatic rings. The van der Waals surface area contributed by atoms with Gasteiger partial charge in [-0.3, -0.25) is 10.2 Å². The zero-order valence-corrected chi connectivity index (χ0v) is 18.2. The van der Waals surface area contributed by atoms with Crippen LogP contribution in [0.15, 0.2) is 63.5 Å². The minimum absolute atomic E-state index is 0.155. The first kappa shape index (κ1) is 21.0. The summed E-state index contributed by atoms with van der Waals surface area (Å²) in [5, 5.41) is 6.65. The number of hydrogen-bond acceptors (Lipinski definition) is 7. The number of esters is 1. The molecule has 8 heteroatoms. The van der Waals surface area contributed by atoms with Crippen LogP contribution >= 0.6 is 27.3 Å². The third-order valence-corrected chi connectivity index (χ3v) is 5.04. The van der Waals surface area contributed by atoms with E-state index in [4.69, 9.17) is 9.47 Å². The lowest BCUT2D eigenvalue weighted by Gasteiger charge is -2.09. The Balaban J connectivity index is 1.58. The predicted molar refractivity (Wildman–Crippen MR) is 119 cm³/mol. The van der Waals surface area contributed by atoms with Gasteiger partial charge >= 0.3 is 5.97 Å². The van der Waals surface area contributed by atoms with Gasteiger partial charge in [0.15, 0.2) is 0 Å². The standard InChI is InChI=1S/C21H20BrN3O3S/c1-2-27-20(26)11-18-14-29-21(24-18)25-23-12-16-7-3-4-9-19(16)28-13-15-6-5-8-17(22)10-15/h3-10,12,14H,2,11,13H2,1H3,(H,24,25). The summed E-state index contributed by atoms with van der Waals surface area (Å²) in [4.78, 5) is 15.8. The van der Waals surface area contributed by atoms with Gasteiger partial charge in [-0.1, -0.05) is 40.2 Å². The molecule has 0 aliphatic carbocycles. The van der Waals surface area contributed by atoms with Crippen molar-refractivity contribution in [1.82, 2.24) is 4.98 Å². The van der Waals surface area contributed by atoms with Gasteiger partial charge in [0.1, 0.15) is 12.4 Å². The van der Waals surface area contributed by atoms with Crippen molar-refractivity contribution < 1.29 is 14.3 Å². The maximum Gasteiger partial charge on any atom is 0.311 e. The van der Waals surface area contributed by atoms with E-state index < -0.39 is 0 Å². The summed E-state index contributed by atoms with van der Waals surface area (Å²) in [5.74, 6) is 0.449. The minimum Gasteiger partial charge on any atom is -0.488 e. The summed E-state index contributed by atoms with van der Waals surface area (Å²) < 4.78 is 11.9. The first-order valence-electron chi connectivity index (χ1n) is 8.99. The number of carbonyl (C=O) groups is 1. The summed E-state index contributed by atoms with van der Waals surface area (Å²) in [7, 11) is 0. The molecule has 150 valence electrons. The zero-order chi connectivity index (χ0) is 20.5. The van der Waals surface area contributed by atoms with Crippen LogP contribution in [0.4, 0.5) is 5.13 Å². The van der Waals surface area contributed by atoms with Crippen molar-refractivity contribution in [2.24, 2.45) is 5.10 Å². The second-order valence-corrected chi connectivity index (χ2v) is 7.73. The second kappa shape index (κ2) is 10.7. The normalized spacial score (nSPS) is 10.8. The number of para-hydroxylation sites is 1. The molecule has 1 aromatic heterocycles. The van der Waals surface area contributed by atoms with Crippen LogP contribution in [-0.2, 0) is 22.6 Å². The maximum atomic E-state index is 11.5. The third-order valence-electron chi connectivity index (χ3n) is 3.75. The number of hydrogen-bond donors (Lipinski definition) is 1. The van der Waals surface area contributed by atoms with E-state index in [0.29, 0.717) is 24.0 Å². The molecule has 2 aromatic carbocycles. The molecule has 0 fully saturated rings. The fourth-order valence-electron chi connectivity index (χ4n) is 2.46. The van der Waals surface area contributed by atoms with Crippen LogP contribution < -0.4 is 10.2 Å². The summed E-state index contributed by atoms with van der Waals surface area (Å²) in [6.45, 7) is 2.60. The fraction of sp³-hybridized carbons (Fsp3) is 0.190. The number of anilines is 1. The lowest BCUT2D eigenvalue weighted by atomic mass is 10.2. The van der Waals surface area contributed by atoms with Gasteiger partial charge in [0.2, 0.25) is 5.13 Å². The number of carbonyl (C=O) groups excluding carboxylic acids is 1. The molecule has 0 spiro atoms. The van der Waals surface area contributed by atoms with Crippen molar-refractivity contribution in [3.05, 3.63) is 75.2 Å². The molecule has 29 heavy (non-hydrogen) atoms. The number of nitrogens with one attached hydrogen (secondary N) is 1. The Kier molecular flexibility index (Phi) is 7.77. The van der Waals surface area contributed by atoms with Gasteiger partial charge in [0.25, 0.3) is 0 Å². The van der Waals surface area contributed by atoms with E-state index in [2.05, 4.69) is 31.4 Å². The van der Waals surface area contributed by atoms with Crippen molar-refractivity contribution in [3.63, 3.8) is 0 Å². The van der Waals surface area contributed by atoms with E-state index in [1.54, 1.807) is 13.1 Å². The molecule has 0 amide bonds. The molecule has 3 aromatic rings. The molecule has 0 atom stereocenters. The van der Waals surface area contributed by atoms with Crippen molar-refractivity contribution in [2.75, 3.05) is 12.0 Å². The van der Waals surface area contributed by atoms with Crippen LogP contribution in [0, 0.1) is 0 Å². The lowest BCUT2D eigenvalue weighted by molar-refractivity contribution is -0.142. The topological polar surface area (TPSA) is 72.8 Å². The third kappa shape index (κ3) is 6.69. The molecular formula is C21H20BrN3O3S. The summed E-state index contributed by atoms with van der Waals surface area (Å²) in [6.07, 6.45) is 1.84. The van der Waals surface area contributed by atoms with Gasteiger partial charge in [-0.15, -0.1) is 11.3 Å². The van der Waals surface area contributed by atoms with Crippen LogP contribution in [0.2, 0.25) is 0 Å². The Morgan fingerprint density at radius 3 is 2.97 bits per heavy atom. The highest BCUT2D eigenvalue weighted by atomic mass is 79.9. The average molecular weight is 474 g/mol. The Bertz CT molecular complexity index is 991. The molecular weight excluding hydrogens is 454 g/mol. The number of rotatable bonds is 9. The van der Waals surface area contributed by atoms with Crippen LogP contribution in [0.5, 0.6) is 5.75 Å². The minimum atomic E-state index is -0.288. The monoisotopic (exact) mass is 473 g/mol. The van der Waals surface area contributed by atoms with Gasteiger partial charge in [-0.05, 0) is 36.8 Å². The van der Waals surface area contributed by atoms with Gasteiger partial charge < -0.3 is 9.47 Å². The van der Waals surface area contributed by atoms with Crippen LogP contribution in [0.1, 0.15) is 23.7 Å². The number of aromatic nitrogens is 1. The molecule has 0 saturated carbocycles. The molecule has 0 radical (unpaired) electrons. The molecule has 6 nitrogen and oxygen atoms in total. The highest BCUT2D eigenvalue weighted by molar-refractivity contribution is 9.10. The molecule has 0 unspecified atom stereocenters.